The van der Waals surface area contributed by atoms with Gasteiger partial charge in [-0.25, -0.2) is 0 Å². The molecule has 1 aliphatic heterocycles. The molecule has 2 amide bonds. The Balaban J connectivity index is 0.00000108. The van der Waals surface area contributed by atoms with Crippen LogP contribution in [0.25, 0.3) is 10.8 Å². The summed E-state index contributed by atoms with van der Waals surface area (Å²) >= 11 is 0. The maximum Gasteiger partial charge on any atom is 0.285 e. The van der Waals surface area contributed by atoms with Crippen LogP contribution in [0.5, 0.6) is 0 Å². The summed E-state index contributed by atoms with van der Waals surface area (Å²) in [4.78, 5) is 23.3. The van der Waals surface area contributed by atoms with Crippen LogP contribution in [0, 0.1) is 0 Å². The van der Waals surface area contributed by atoms with E-state index in [0.29, 0.717) is 16.5 Å². The van der Waals surface area contributed by atoms with Gasteiger partial charge in [-0.3, -0.25) is 14.8 Å². The van der Waals surface area contributed by atoms with E-state index in [9.17, 15) is 14.8 Å². The molecule has 17 heavy (non-hydrogen) atoms. The number of carbonyl (C=O) groups is 2. The molecule has 2 aromatic carbocycles. The van der Waals surface area contributed by atoms with Gasteiger partial charge in [0.2, 0.25) is 0 Å². The molecule has 0 unspecified atom stereocenters. The standard InChI is InChI=1S/C12H7NO3.CH4/c14-11-8-5-1-3-7-4-2-6-9(10(7)8)12(15)13(11)16;/h1-6,16H;1H4. The molecule has 0 bridgehead atoms. The third kappa shape index (κ3) is 1.34. The van der Waals surface area contributed by atoms with Gasteiger partial charge in [0.15, 0.2) is 0 Å². The zero-order valence-electron chi connectivity index (χ0n) is 8.18. The van der Waals surface area contributed by atoms with Crippen LogP contribution in [0.3, 0.4) is 0 Å². The minimum atomic E-state index is -0.672. The van der Waals surface area contributed by atoms with Crippen LogP contribution in [0.2, 0.25) is 0 Å². The smallest absolute Gasteiger partial charge is 0.278 e. The molecule has 0 atom stereocenters. The van der Waals surface area contributed by atoms with Gasteiger partial charge in [-0.05, 0) is 17.5 Å². The van der Waals surface area contributed by atoms with Crippen molar-refractivity contribution in [2.24, 2.45) is 0 Å². The summed E-state index contributed by atoms with van der Waals surface area (Å²) in [5.74, 6) is -1.34. The predicted octanol–water partition coefficient (Wildman–Crippen LogP) is 2.46. The van der Waals surface area contributed by atoms with Crippen LogP contribution in [-0.2, 0) is 0 Å². The van der Waals surface area contributed by atoms with E-state index in [1.807, 2.05) is 12.1 Å². The highest BCUT2D eigenvalue weighted by molar-refractivity contribution is 6.24. The van der Waals surface area contributed by atoms with Gasteiger partial charge in [0.25, 0.3) is 11.8 Å². The second-order valence-corrected chi connectivity index (χ2v) is 3.63. The molecule has 2 aromatic rings. The van der Waals surface area contributed by atoms with E-state index in [0.717, 1.165) is 5.39 Å². The molecule has 86 valence electrons. The number of nitrogens with zero attached hydrogens (tertiary/aromatic N) is 1. The fourth-order valence-corrected chi connectivity index (χ4v) is 2.02. The third-order valence-corrected chi connectivity index (χ3v) is 2.75. The van der Waals surface area contributed by atoms with Gasteiger partial charge in [0, 0.05) is 5.39 Å². The summed E-state index contributed by atoms with van der Waals surface area (Å²) in [5, 5.41) is 11.0. The highest BCUT2D eigenvalue weighted by Gasteiger charge is 2.31. The van der Waals surface area contributed by atoms with E-state index < -0.39 is 11.8 Å². The molecule has 0 saturated heterocycles. The summed E-state index contributed by atoms with van der Waals surface area (Å²) in [7, 11) is 0. The van der Waals surface area contributed by atoms with Crippen LogP contribution in [0.4, 0.5) is 0 Å². The van der Waals surface area contributed by atoms with Crippen LogP contribution in [0.1, 0.15) is 28.1 Å². The van der Waals surface area contributed by atoms with Gasteiger partial charge in [-0.1, -0.05) is 31.7 Å². The highest BCUT2D eigenvalue weighted by Crippen LogP contribution is 2.28. The molecule has 1 N–H and O–H groups in total. The van der Waals surface area contributed by atoms with E-state index >= 15 is 0 Å². The van der Waals surface area contributed by atoms with Gasteiger partial charge in [-0.2, -0.15) is 0 Å². The Hall–Kier alpha value is -2.20. The van der Waals surface area contributed by atoms with Crippen molar-refractivity contribution < 1.29 is 14.8 Å². The highest BCUT2D eigenvalue weighted by atomic mass is 16.5. The van der Waals surface area contributed by atoms with Gasteiger partial charge in [0.05, 0.1) is 11.1 Å². The lowest BCUT2D eigenvalue weighted by Crippen LogP contribution is -2.37. The molecular formula is C13H11NO3. The summed E-state index contributed by atoms with van der Waals surface area (Å²) in [6, 6.07) is 10.3. The van der Waals surface area contributed by atoms with Crippen molar-refractivity contribution in [3.63, 3.8) is 0 Å². The zero-order valence-corrected chi connectivity index (χ0v) is 8.18. The minimum absolute atomic E-state index is 0. The Kier molecular flexibility index (Phi) is 2.44. The first-order valence-electron chi connectivity index (χ1n) is 4.79. The van der Waals surface area contributed by atoms with Crippen molar-refractivity contribution in [1.82, 2.24) is 5.06 Å². The topological polar surface area (TPSA) is 57.6 Å². The monoisotopic (exact) mass is 229 g/mol. The predicted molar refractivity (Wildman–Crippen MR) is 63.0 cm³/mol. The Morgan fingerprint density at radius 2 is 1.35 bits per heavy atom. The minimum Gasteiger partial charge on any atom is -0.278 e. The number of carbonyl (C=O) groups excluding carboxylic acids is 2. The second-order valence-electron chi connectivity index (χ2n) is 3.63. The molecule has 4 nitrogen and oxygen atoms in total. The normalized spacial score (nSPS) is 13.8. The molecular weight excluding hydrogens is 218 g/mol. The Bertz CT molecular complexity index is 583. The lowest BCUT2D eigenvalue weighted by Gasteiger charge is -2.21. The maximum absolute atomic E-state index is 11.7. The Morgan fingerprint density at radius 1 is 0.882 bits per heavy atom. The third-order valence-electron chi connectivity index (χ3n) is 2.75. The maximum atomic E-state index is 11.7. The van der Waals surface area contributed by atoms with Gasteiger partial charge >= 0.3 is 0 Å². The van der Waals surface area contributed by atoms with E-state index in [1.165, 1.54) is 0 Å². The molecule has 0 spiro atoms. The molecule has 1 heterocycles. The lowest BCUT2D eigenvalue weighted by atomic mass is 9.95. The van der Waals surface area contributed by atoms with Crippen molar-refractivity contribution in [1.29, 1.82) is 0 Å². The van der Waals surface area contributed by atoms with Crippen LogP contribution in [0.15, 0.2) is 36.4 Å². The van der Waals surface area contributed by atoms with Crippen molar-refractivity contribution in [2.45, 2.75) is 7.43 Å². The number of hydroxylamine groups is 2. The van der Waals surface area contributed by atoms with Crippen molar-refractivity contribution in [3.05, 3.63) is 47.5 Å². The number of amides is 2. The van der Waals surface area contributed by atoms with E-state index in [2.05, 4.69) is 0 Å². The largest absolute Gasteiger partial charge is 0.285 e. The first kappa shape index (κ1) is 11.3. The average molecular weight is 229 g/mol. The summed E-state index contributed by atoms with van der Waals surface area (Å²) < 4.78 is 0. The van der Waals surface area contributed by atoms with Crippen molar-refractivity contribution >= 4 is 22.6 Å². The Morgan fingerprint density at radius 3 is 1.82 bits per heavy atom. The summed E-state index contributed by atoms with van der Waals surface area (Å²) in [6.45, 7) is 0. The van der Waals surface area contributed by atoms with Crippen molar-refractivity contribution in [2.75, 3.05) is 0 Å². The molecule has 0 aliphatic carbocycles. The van der Waals surface area contributed by atoms with Crippen LogP contribution in [-0.4, -0.2) is 22.1 Å². The molecule has 0 radical (unpaired) electrons. The lowest BCUT2D eigenvalue weighted by molar-refractivity contribution is -0.0377. The number of hydrogen-bond acceptors (Lipinski definition) is 3. The summed E-state index contributed by atoms with van der Waals surface area (Å²) in [6.07, 6.45) is 0. The van der Waals surface area contributed by atoms with Gasteiger partial charge in [-0.15, -0.1) is 5.06 Å². The molecule has 3 rings (SSSR count). The number of rotatable bonds is 0. The Labute approximate surface area is 98.0 Å². The van der Waals surface area contributed by atoms with E-state index in [1.54, 1.807) is 24.3 Å². The van der Waals surface area contributed by atoms with Crippen LogP contribution >= 0.6 is 0 Å². The quantitative estimate of drug-likeness (QED) is 0.557. The molecule has 4 heteroatoms. The fourth-order valence-electron chi connectivity index (χ4n) is 2.02. The van der Waals surface area contributed by atoms with Gasteiger partial charge in [0.1, 0.15) is 0 Å². The zero-order chi connectivity index (χ0) is 11.3. The van der Waals surface area contributed by atoms with Gasteiger partial charge < -0.3 is 0 Å². The SMILES string of the molecule is C.O=C1c2cccc3cccc(c23)C(=O)N1O. The fraction of sp³-hybridized carbons (Fsp3) is 0.0769. The molecule has 0 saturated carbocycles. The molecule has 0 fully saturated rings. The van der Waals surface area contributed by atoms with E-state index in [4.69, 9.17) is 0 Å². The molecule has 1 aliphatic rings. The van der Waals surface area contributed by atoms with E-state index in [-0.39, 0.29) is 12.5 Å². The first-order chi connectivity index (χ1) is 7.70. The second kappa shape index (κ2) is 3.68. The average Bonchev–Trinajstić information content (AvgIpc) is 2.33. The summed E-state index contributed by atoms with van der Waals surface area (Å²) in [5.41, 5.74) is 0.713. The van der Waals surface area contributed by atoms with Crippen LogP contribution < -0.4 is 0 Å². The van der Waals surface area contributed by atoms with Crippen molar-refractivity contribution in [3.8, 4) is 0 Å². The first-order valence-corrected chi connectivity index (χ1v) is 4.79. The number of benzene rings is 2. The number of hydrogen-bond donors (Lipinski definition) is 1. The molecule has 0 aromatic heterocycles. The number of imide groups is 1.